The number of nitrogens with zero attached hydrogens (tertiary/aromatic N) is 4. The molecule has 0 saturated carbocycles. The molecule has 0 unspecified atom stereocenters. The van der Waals surface area contributed by atoms with Crippen molar-refractivity contribution in [1.82, 2.24) is 19.5 Å². The maximum Gasteiger partial charge on any atom is 1.00 e. The average molecular weight is 972 g/mol. The largest absolute Gasteiger partial charge is 1.00 e. The van der Waals surface area contributed by atoms with E-state index in [1.54, 1.807) is 6.07 Å². The van der Waals surface area contributed by atoms with Crippen LogP contribution in [0.5, 0.6) is 6.01 Å². The summed E-state index contributed by atoms with van der Waals surface area (Å²) in [6.07, 6.45) is 0. The molecule has 2 heterocycles. The van der Waals surface area contributed by atoms with Gasteiger partial charge in [-0.2, -0.15) is 9.32 Å². The van der Waals surface area contributed by atoms with Gasteiger partial charge in [0, 0.05) is 40.4 Å². The summed E-state index contributed by atoms with van der Waals surface area (Å²) in [6.45, 7) is 0. The molecule has 0 spiro atoms. The Morgan fingerprint density at radius 3 is 1.94 bits per heavy atom. The van der Waals surface area contributed by atoms with Crippen LogP contribution in [0.3, 0.4) is 0 Å². The zero-order valence-corrected chi connectivity index (χ0v) is 39.8. The van der Waals surface area contributed by atoms with Crippen LogP contribution >= 0.6 is 12.0 Å². The average Bonchev–Trinajstić information content (AvgIpc) is 3.25. The van der Waals surface area contributed by atoms with Crippen LogP contribution in [0.2, 0.25) is 0 Å². The van der Waals surface area contributed by atoms with E-state index in [9.17, 15) is 60.6 Å². The van der Waals surface area contributed by atoms with Gasteiger partial charge in [0.05, 0.1) is 72.4 Å². The normalized spacial score (nSPS) is 11.3. The number of nitrogens with one attached hydrogen (secondary N) is 3. The fraction of sp³-hybridized carbons (Fsp3) is 0.0250. The number of hydrogen-bond donors (Lipinski definition) is 3. The third kappa shape index (κ3) is 11.8. The summed E-state index contributed by atoms with van der Waals surface area (Å²) in [5.74, 6) is -4.38. The van der Waals surface area contributed by atoms with Crippen molar-refractivity contribution in [2.75, 3.05) is 16.0 Å². The van der Waals surface area contributed by atoms with E-state index in [0.29, 0.717) is 0 Å². The van der Waals surface area contributed by atoms with Crippen molar-refractivity contribution in [1.29, 1.82) is 0 Å². The van der Waals surface area contributed by atoms with Crippen LogP contribution in [0, 0.1) is 0 Å². The minimum Gasteiger partial charge on any atom is -0.844 e. The minimum atomic E-state index is -5.45. The van der Waals surface area contributed by atoms with Crippen LogP contribution in [0.4, 0.5) is 34.6 Å². The molecule has 0 aliphatic heterocycles. The zero-order chi connectivity index (χ0) is 46.5. The Labute approximate surface area is 460 Å². The van der Waals surface area contributed by atoms with Gasteiger partial charge in [0.2, 0.25) is 11.9 Å². The molecule has 8 rings (SSSR count). The Morgan fingerprint density at radius 2 is 1.31 bits per heavy atom. The number of fused-ring (bicyclic) bond motifs is 2. The third-order valence-corrected chi connectivity index (χ3v) is 12.2. The number of carboxylic acid groups (broad SMARTS) is 1. The van der Waals surface area contributed by atoms with Gasteiger partial charge in [0.25, 0.3) is 5.56 Å². The summed E-state index contributed by atoms with van der Waals surface area (Å²) in [7, 11) is -9.15. The maximum atomic E-state index is 14.6. The van der Waals surface area contributed by atoms with Crippen LogP contribution in [0.15, 0.2) is 117 Å². The first-order valence-corrected chi connectivity index (χ1v) is 21.7. The third-order valence-electron chi connectivity index (χ3n) is 9.87. The van der Waals surface area contributed by atoms with E-state index in [1.165, 1.54) is 67.7 Å². The number of carboxylic acids is 1. The standard InChI is InChI=1S/C40H27N7O15S3.5Li/c1-47-27-14-13-24(31-32(27)30(20-9-2-3-10-21(20)35(31)49)33(36(47)50)34(48)18-7-6-8-19(15-18)64(55,56)57)41-25-16-26(29(65(58,59)60)17-28(25)63-62-61-54)43-39-44-38(45-40(53)46-39)42-23-12-5-4-11-22(23)37(51)52;;;;;/h2-17,41,54H,1H3,(H,51,52)(H,55,56,57)(H,58,59,60)(H3,42,43,44,45,46,53);;;;;/q;5*+1/p-5. The van der Waals surface area contributed by atoms with E-state index in [-0.39, 0.29) is 173 Å². The molecule has 2 aromatic heterocycles. The molecule has 0 bridgehead atoms. The molecule has 30 heteroatoms. The molecular weight excluding hydrogens is 949 g/mol. The van der Waals surface area contributed by atoms with Gasteiger partial charge in [-0.15, -0.1) is 0 Å². The fourth-order valence-corrected chi connectivity index (χ4v) is 8.83. The topological polar surface area (TPSA) is 350 Å². The molecule has 22 nitrogen and oxygen atoms in total. The predicted octanol–water partition coefficient (Wildman–Crippen LogP) is -13.1. The molecular formula is C40H22Li5N7O15S3. The van der Waals surface area contributed by atoms with Crippen molar-refractivity contribution in [3.63, 3.8) is 0 Å². The number of benzene rings is 5. The number of rotatable bonds is 14. The molecule has 0 amide bonds. The molecule has 0 saturated heterocycles. The number of para-hydroxylation sites is 1. The Hall–Kier alpha value is -4.63. The van der Waals surface area contributed by atoms with Crippen molar-refractivity contribution < 1.29 is 159 Å². The summed E-state index contributed by atoms with van der Waals surface area (Å²) in [5.41, 5.74) is -2.83. The number of carbonyl (C=O) groups is 3. The Balaban J connectivity index is 0.00000259. The molecule has 3 N–H and O–H groups in total. The van der Waals surface area contributed by atoms with Crippen molar-refractivity contribution >= 4 is 95.4 Å². The minimum absolute atomic E-state index is 0. The van der Waals surface area contributed by atoms with E-state index in [0.717, 1.165) is 34.9 Å². The molecule has 7 aromatic rings. The number of pyridine rings is 1. The number of aromatic carboxylic acids is 1. The second kappa shape index (κ2) is 23.7. The summed E-state index contributed by atoms with van der Waals surface area (Å²) < 4.78 is 79.3. The summed E-state index contributed by atoms with van der Waals surface area (Å²) >= 11 is 0.133. The molecule has 0 atom stereocenters. The van der Waals surface area contributed by atoms with Crippen molar-refractivity contribution in [2.24, 2.45) is 7.05 Å². The number of hydrogen-bond acceptors (Lipinski definition) is 22. The monoisotopic (exact) mass is 971 g/mol. The summed E-state index contributed by atoms with van der Waals surface area (Å²) in [4.78, 5) is 63.9. The zero-order valence-electron chi connectivity index (χ0n) is 37.4. The number of aromatic nitrogens is 4. The van der Waals surface area contributed by atoms with Crippen LogP contribution in [0.25, 0.3) is 22.0 Å². The predicted molar refractivity (Wildman–Crippen MR) is 218 cm³/mol. The first-order valence-electron chi connectivity index (χ1n) is 18.1. The molecule has 0 radical (unpaired) electrons. The Kier molecular flexibility index (Phi) is 20.2. The Bertz CT molecular complexity index is 3520. The van der Waals surface area contributed by atoms with E-state index < -0.39 is 82.3 Å². The molecule has 5 aromatic carbocycles. The summed E-state index contributed by atoms with van der Waals surface area (Å²) in [6, 6.07) is 18.8. The van der Waals surface area contributed by atoms with Gasteiger partial charge in [-0.05, 0) is 48.0 Å². The number of anilines is 6. The molecule has 330 valence electrons. The van der Waals surface area contributed by atoms with Gasteiger partial charge in [-0.1, -0.05) is 54.6 Å². The maximum absolute atomic E-state index is 14.6. The molecule has 0 fully saturated rings. The number of aryl methyl sites for hydroxylation is 1. The van der Waals surface area contributed by atoms with Gasteiger partial charge >= 0.3 is 94.3 Å². The Morgan fingerprint density at radius 1 is 0.686 bits per heavy atom. The van der Waals surface area contributed by atoms with Gasteiger partial charge in [-0.25, -0.2) is 26.8 Å². The van der Waals surface area contributed by atoms with E-state index in [2.05, 4.69) is 40.3 Å². The summed E-state index contributed by atoms with van der Waals surface area (Å²) in [5, 5.41) is 46.7. The molecule has 1 aliphatic carbocycles. The van der Waals surface area contributed by atoms with Gasteiger partial charge in [0.15, 0.2) is 11.6 Å². The SMILES string of the molecule is Cn1c(=O)c(C(=O)c2cccc(S(=O)(=O)[O-])c2)c2c3c(c(Nc4cc(Nc5nc([O-])nc(Nc6ccccc6C(=O)[O-])n5)c(S(=O)(=O)[O-])cc4SOO[O-])ccc31)C(=O)c1ccccc1-2.[Li+].[Li+].[Li+].[Li+].[Li+]. The van der Waals surface area contributed by atoms with Gasteiger partial charge in [0.1, 0.15) is 20.2 Å². The molecule has 1 aliphatic rings. The molecule has 70 heavy (non-hydrogen) atoms. The quantitative estimate of drug-likeness (QED) is 0.0227. The van der Waals surface area contributed by atoms with Crippen molar-refractivity contribution in [2.45, 2.75) is 14.7 Å². The van der Waals surface area contributed by atoms with Gasteiger partial charge < -0.3 is 49.9 Å². The van der Waals surface area contributed by atoms with E-state index in [1.807, 2.05) is 0 Å². The van der Waals surface area contributed by atoms with Crippen LogP contribution in [-0.2, 0) is 36.7 Å². The van der Waals surface area contributed by atoms with Crippen molar-refractivity contribution in [3.05, 3.63) is 135 Å². The number of carbonyl (C=O) groups excluding carboxylic acids is 3. The second-order valence-corrected chi connectivity index (χ2v) is 17.1. The van der Waals surface area contributed by atoms with E-state index >= 15 is 0 Å². The van der Waals surface area contributed by atoms with Crippen LogP contribution in [0.1, 0.15) is 42.2 Å². The van der Waals surface area contributed by atoms with E-state index in [4.69, 9.17) is 0 Å². The fourth-order valence-electron chi connectivity index (χ4n) is 7.13. The smallest absolute Gasteiger partial charge is 0.844 e. The van der Waals surface area contributed by atoms with Gasteiger partial charge in [-0.3, -0.25) is 19.4 Å². The van der Waals surface area contributed by atoms with Crippen LogP contribution in [-0.4, -0.2) is 63.0 Å². The van der Waals surface area contributed by atoms with Crippen molar-refractivity contribution in [3.8, 4) is 17.1 Å². The first-order chi connectivity index (χ1) is 30.8. The second-order valence-electron chi connectivity index (χ2n) is 13.7. The number of ketones is 2. The first kappa shape index (κ1) is 59.7. The van der Waals surface area contributed by atoms with Crippen LogP contribution < -0.4 is 131 Å².